The van der Waals surface area contributed by atoms with Crippen molar-refractivity contribution in [3.05, 3.63) is 54.3 Å². The number of hydrogen-bond donors (Lipinski definition) is 1. The van der Waals surface area contributed by atoms with Gasteiger partial charge in [0.25, 0.3) is 0 Å². The third kappa shape index (κ3) is 2.57. The molecule has 6 heteroatoms. The minimum absolute atomic E-state index is 0.233. The van der Waals surface area contributed by atoms with Gasteiger partial charge < -0.3 is 14.2 Å². The quantitative estimate of drug-likeness (QED) is 0.612. The molecule has 1 saturated carbocycles. The average molecular weight is 348 g/mol. The first kappa shape index (κ1) is 15.5. The van der Waals surface area contributed by atoms with Crippen molar-refractivity contribution >= 4 is 21.9 Å². The molecule has 0 amide bonds. The van der Waals surface area contributed by atoms with Crippen LogP contribution in [0, 0.1) is 0 Å². The molecule has 1 aliphatic carbocycles. The van der Waals surface area contributed by atoms with E-state index in [1.54, 1.807) is 6.26 Å². The van der Waals surface area contributed by atoms with Gasteiger partial charge in [-0.3, -0.25) is 4.98 Å². The van der Waals surface area contributed by atoms with E-state index in [1.165, 1.54) is 0 Å². The Morgan fingerprint density at radius 3 is 2.92 bits per heavy atom. The van der Waals surface area contributed by atoms with Crippen molar-refractivity contribution in [3.8, 4) is 0 Å². The van der Waals surface area contributed by atoms with Gasteiger partial charge in [-0.15, -0.1) is 0 Å². The molecule has 26 heavy (non-hydrogen) atoms. The van der Waals surface area contributed by atoms with E-state index in [9.17, 15) is 5.11 Å². The molecule has 5 rings (SSSR count). The number of fused-ring (bicyclic) bond motifs is 3. The molecule has 2 atom stereocenters. The Hall–Kier alpha value is -2.73. The summed E-state index contributed by atoms with van der Waals surface area (Å²) in [5.74, 6) is 0.950. The molecular formula is C20H20N4O2. The van der Waals surface area contributed by atoms with Crippen LogP contribution in [0.3, 0.4) is 0 Å². The lowest BCUT2D eigenvalue weighted by Crippen LogP contribution is -2.24. The largest absolute Gasteiger partial charge is 0.393 e. The predicted molar refractivity (Wildman–Crippen MR) is 97.9 cm³/mol. The van der Waals surface area contributed by atoms with Gasteiger partial charge in [-0.2, -0.15) is 0 Å². The molecular weight excluding hydrogens is 328 g/mol. The summed E-state index contributed by atoms with van der Waals surface area (Å²) in [5.41, 5.74) is 3.82. The van der Waals surface area contributed by atoms with Crippen LogP contribution in [-0.2, 0) is 6.42 Å². The number of pyridine rings is 1. The average Bonchev–Trinajstić information content (AvgIpc) is 3.29. The van der Waals surface area contributed by atoms with Gasteiger partial charge in [-0.05, 0) is 31.7 Å². The second kappa shape index (κ2) is 6.21. The van der Waals surface area contributed by atoms with Crippen LogP contribution in [0.15, 0.2) is 47.3 Å². The Morgan fingerprint density at radius 1 is 1.15 bits per heavy atom. The van der Waals surface area contributed by atoms with E-state index < -0.39 is 0 Å². The van der Waals surface area contributed by atoms with Crippen molar-refractivity contribution in [2.45, 2.75) is 44.2 Å². The number of aliphatic hydroxyl groups excluding tert-OH is 1. The Bertz CT molecular complexity index is 1050. The maximum atomic E-state index is 10.2. The Kier molecular flexibility index (Phi) is 3.71. The first-order chi connectivity index (χ1) is 12.8. The van der Waals surface area contributed by atoms with Gasteiger partial charge in [-0.25, -0.2) is 4.98 Å². The fourth-order valence-corrected chi connectivity index (χ4v) is 4.16. The van der Waals surface area contributed by atoms with Gasteiger partial charge in [0.1, 0.15) is 17.6 Å². The van der Waals surface area contributed by atoms with Crippen LogP contribution in [0.1, 0.15) is 43.2 Å². The molecule has 1 N–H and O–H groups in total. The highest BCUT2D eigenvalue weighted by atomic mass is 16.5. The number of aromatic nitrogens is 4. The summed E-state index contributed by atoms with van der Waals surface area (Å²) in [4.78, 5) is 9.44. The van der Waals surface area contributed by atoms with E-state index in [2.05, 4.69) is 20.8 Å². The van der Waals surface area contributed by atoms with E-state index >= 15 is 0 Å². The summed E-state index contributed by atoms with van der Waals surface area (Å²) in [7, 11) is 0. The third-order valence-electron chi connectivity index (χ3n) is 5.31. The minimum Gasteiger partial charge on any atom is -0.393 e. The zero-order valence-corrected chi connectivity index (χ0v) is 14.4. The standard InChI is InChI=1S/C20H20N4O2/c25-15-5-3-4-14(11-15)24-19(10-13-8-9-26-23-13)22-18-12-21-17-7-2-1-6-16(17)20(18)24/h1-2,6-9,12,14-15,25H,3-5,10-11H2/t14-,15-/m1/s1. The highest BCUT2D eigenvalue weighted by molar-refractivity contribution is 6.02. The predicted octanol–water partition coefficient (Wildman–Crippen LogP) is 3.64. The molecule has 1 aliphatic rings. The maximum absolute atomic E-state index is 10.2. The monoisotopic (exact) mass is 348 g/mol. The number of hydrogen-bond acceptors (Lipinski definition) is 5. The Balaban J connectivity index is 1.74. The van der Waals surface area contributed by atoms with Crippen LogP contribution in [0.4, 0.5) is 0 Å². The zero-order chi connectivity index (χ0) is 17.5. The number of aliphatic hydroxyl groups is 1. The number of para-hydroxylation sites is 1. The van der Waals surface area contributed by atoms with Gasteiger partial charge in [0.05, 0.1) is 35.4 Å². The topological polar surface area (TPSA) is 77.0 Å². The van der Waals surface area contributed by atoms with Gasteiger partial charge in [-0.1, -0.05) is 23.4 Å². The molecule has 0 radical (unpaired) electrons. The molecule has 3 aromatic heterocycles. The van der Waals surface area contributed by atoms with E-state index in [4.69, 9.17) is 9.51 Å². The first-order valence-electron chi connectivity index (χ1n) is 9.11. The molecule has 0 aliphatic heterocycles. The molecule has 0 bridgehead atoms. The van der Waals surface area contributed by atoms with Crippen LogP contribution < -0.4 is 0 Å². The smallest absolute Gasteiger partial charge is 0.124 e. The zero-order valence-electron chi connectivity index (χ0n) is 14.4. The summed E-state index contributed by atoms with van der Waals surface area (Å²) in [6.07, 6.45) is 7.50. The van der Waals surface area contributed by atoms with Gasteiger partial charge >= 0.3 is 0 Å². The van der Waals surface area contributed by atoms with E-state index in [-0.39, 0.29) is 12.1 Å². The van der Waals surface area contributed by atoms with Crippen LogP contribution in [0.5, 0.6) is 0 Å². The summed E-state index contributed by atoms with van der Waals surface area (Å²) in [5, 5.41) is 15.4. The summed E-state index contributed by atoms with van der Waals surface area (Å²) < 4.78 is 7.31. The van der Waals surface area contributed by atoms with Crippen LogP contribution >= 0.6 is 0 Å². The molecule has 132 valence electrons. The van der Waals surface area contributed by atoms with Crippen LogP contribution in [-0.4, -0.2) is 30.9 Å². The highest BCUT2D eigenvalue weighted by Crippen LogP contribution is 2.35. The molecule has 0 spiro atoms. The summed E-state index contributed by atoms with van der Waals surface area (Å²) in [6, 6.07) is 10.3. The van der Waals surface area contributed by atoms with E-state index in [0.29, 0.717) is 6.42 Å². The van der Waals surface area contributed by atoms with E-state index in [0.717, 1.165) is 59.1 Å². The second-order valence-electron chi connectivity index (χ2n) is 7.05. The molecule has 3 heterocycles. The number of imidazole rings is 1. The SMILES string of the molecule is O[C@@H]1CCC[C@@H](n2c(Cc3ccon3)nc3cnc4ccccc4c32)C1. The fraction of sp³-hybridized carbons (Fsp3) is 0.350. The molecule has 0 unspecified atom stereocenters. The molecule has 1 aromatic carbocycles. The molecule has 6 nitrogen and oxygen atoms in total. The van der Waals surface area contributed by atoms with Crippen molar-refractivity contribution in [2.75, 3.05) is 0 Å². The van der Waals surface area contributed by atoms with Gasteiger partial charge in [0, 0.05) is 17.5 Å². The normalized spacial score (nSPS) is 20.8. The lowest BCUT2D eigenvalue weighted by molar-refractivity contribution is 0.104. The lowest BCUT2D eigenvalue weighted by atomic mass is 9.92. The highest BCUT2D eigenvalue weighted by Gasteiger charge is 2.26. The summed E-state index contributed by atoms with van der Waals surface area (Å²) in [6.45, 7) is 0. The van der Waals surface area contributed by atoms with E-state index in [1.807, 2.05) is 30.5 Å². The van der Waals surface area contributed by atoms with Crippen LogP contribution in [0.25, 0.3) is 21.9 Å². The van der Waals surface area contributed by atoms with Crippen molar-refractivity contribution in [1.29, 1.82) is 0 Å². The molecule has 1 fully saturated rings. The van der Waals surface area contributed by atoms with Gasteiger partial charge in [0.2, 0.25) is 0 Å². The van der Waals surface area contributed by atoms with Crippen molar-refractivity contribution in [2.24, 2.45) is 0 Å². The lowest BCUT2D eigenvalue weighted by Gasteiger charge is -2.29. The first-order valence-corrected chi connectivity index (χ1v) is 9.11. The van der Waals surface area contributed by atoms with Crippen molar-refractivity contribution in [1.82, 2.24) is 19.7 Å². The number of rotatable bonds is 3. The molecule has 4 aromatic rings. The fourth-order valence-electron chi connectivity index (χ4n) is 4.16. The summed E-state index contributed by atoms with van der Waals surface area (Å²) >= 11 is 0. The number of nitrogens with zero attached hydrogens (tertiary/aromatic N) is 4. The Morgan fingerprint density at radius 2 is 2.08 bits per heavy atom. The second-order valence-corrected chi connectivity index (χ2v) is 7.05. The minimum atomic E-state index is -0.251. The molecule has 0 saturated heterocycles. The van der Waals surface area contributed by atoms with Crippen molar-refractivity contribution < 1.29 is 9.63 Å². The Labute approximate surface area is 150 Å². The van der Waals surface area contributed by atoms with Gasteiger partial charge in [0.15, 0.2) is 0 Å². The number of benzene rings is 1. The maximum Gasteiger partial charge on any atom is 0.124 e. The van der Waals surface area contributed by atoms with Crippen molar-refractivity contribution in [3.63, 3.8) is 0 Å². The van der Waals surface area contributed by atoms with Crippen LogP contribution in [0.2, 0.25) is 0 Å². The third-order valence-corrected chi connectivity index (χ3v) is 5.31.